The lowest BCUT2D eigenvalue weighted by atomic mass is 10.2. The van der Waals surface area contributed by atoms with Crippen LogP contribution < -0.4 is 15.9 Å². The minimum absolute atomic E-state index is 0.0742. The summed E-state index contributed by atoms with van der Waals surface area (Å²) in [5.74, 6) is -0.695. The molecule has 4 aromatic rings. The van der Waals surface area contributed by atoms with Crippen molar-refractivity contribution < 1.29 is 24.0 Å². The highest BCUT2D eigenvalue weighted by molar-refractivity contribution is 8.16. The predicted octanol–water partition coefficient (Wildman–Crippen LogP) is 6.11. The Bertz CT molecular complexity index is 1710. The maximum atomic E-state index is 14.7. The second kappa shape index (κ2) is 14.8. The summed E-state index contributed by atoms with van der Waals surface area (Å²) in [6, 6.07) is 34.8. The Hall–Kier alpha value is -4.11. The van der Waals surface area contributed by atoms with Crippen molar-refractivity contribution in [2.24, 2.45) is 0 Å². The minimum atomic E-state index is -3.12. The summed E-state index contributed by atoms with van der Waals surface area (Å²) in [4.78, 5) is 53.8. The fraction of sp³-hybridized carbons (Fsp3) is 0.222. The molecule has 0 spiro atoms. The number of ether oxygens (including phenoxy) is 1. The van der Waals surface area contributed by atoms with Gasteiger partial charge in [-0.25, -0.2) is 4.79 Å². The fourth-order valence-corrected chi connectivity index (χ4v) is 11.6. The van der Waals surface area contributed by atoms with Crippen molar-refractivity contribution in [2.75, 3.05) is 5.75 Å². The summed E-state index contributed by atoms with van der Waals surface area (Å²) in [5.41, 5.74) is 0.671. The molecule has 8 nitrogen and oxygen atoms in total. The Labute approximate surface area is 283 Å². The molecule has 1 fully saturated rings. The molecule has 0 bridgehead atoms. The molecule has 1 unspecified atom stereocenters. The molecule has 11 heteroatoms. The molecule has 0 saturated carbocycles. The highest BCUT2D eigenvalue weighted by Crippen LogP contribution is 2.49. The van der Waals surface area contributed by atoms with Crippen molar-refractivity contribution in [3.8, 4) is 0 Å². The van der Waals surface area contributed by atoms with Gasteiger partial charge in [0.15, 0.2) is 0 Å². The fourth-order valence-electron chi connectivity index (χ4n) is 5.29. The van der Waals surface area contributed by atoms with Gasteiger partial charge in [0.2, 0.25) is 11.0 Å². The number of non-ortho nitro benzene ring substituents is 1. The Morgan fingerprint density at radius 3 is 1.77 bits per heavy atom. The predicted molar refractivity (Wildman–Crippen MR) is 193 cm³/mol. The molecule has 0 aliphatic carbocycles. The standard InChI is InChI=1S/C36H35N2O6PS2/c1-36(2,3)46-25-33(40)47-32-23-31(39)37(32)34(35(41)44-24-26-19-21-27(22-20-26)38(42)43)45(28-13-7-4-8-14-28,29-15-9-5-10-16-29)30-17-11-6-12-18-30/h4-22,32H,23-25H2,1-3H3. The first kappa shape index (κ1) is 34.2. The third kappa shape index (κ3) is 7.73. The van der Waals surface area contributed by atoms with Gasteiger partial charge in [-0.2, -0.15) is 0 Å². The van der Waals surface area contributed by atoms with E-state index in [1.165, 1.54) is 40.9 Å². The van der Waals surface area contributed by atoms with E-state index in [9.17, 15) is 24.5 Å². The van der Waals surface area contributed by atoms with Crippen molar-refractivity contribution in [3.05, 3.63) is 131 Å². The molecule has 1 aliphatic rings. The van der Waals surface area contributed by atoms with Crippen molar-refractivity contribution >= 4 is 74.4 Å². The van der Waals surface area contributed by atoms with Crippen LogP contribution in [0.15, 0.2) is 115 Å². The molecule has 5 rings (SSSR count). The second-order valence-electron chi connectivity index (χ2n) is 11.8. The summed E-state index contributed by atoms with van der Waals surface area (Å²) in [5, 5.41) is 13.1. The van der Waals surface area contributed by atoms with Gasteiger partial charge in [0, 0.05) is 23.8 Å². The van der Waals surface area contributed by atoms with Crippen molar-refractivity contribution in [3.63, 3.8) is 0 Å². The molecule has 242 valence electrons. The smallest absolute Gasteiger partial charge is 0.356 e. The molecule has 1 saturated heterocycles. The molecule has 1 heterocycles. The topological polar surface area (TPSA) is 107 Å². The molecule has 1 amide bonds. The number of likely N-dealkylation sites (tertiary alicyclic amines) is 1. The first-order valence-electron chi connectivity index (χ1n) is 15.0. The summed E-state index contributed by atoms with van der Waals surface area (Å²) in [6.07, 6.45) is 0.105. The van der Waals surface area contributed by atoms with Gasteiger partial charge in [0.1, 0.15) is 12.0 Å². The number of benzene rings is 4. The van der Waals surface area contributed by atoms with Gasteiger partial charge in [0.25, 0.3) is 5.69 Å². The molecule has 1 atom stereocenters. The van der Waals surface area contributed by atoms with Gasteiger partial charge in [-0.05, 0) is 33.6 Å². The average Bonchev–Trinajstić information content (AvgIpc) is 3.07. The van der Waals surface area contributed by atoms with Gasteiger partial charge in [-0.1, -0.05) is 124 Å². The van der Waals surface area contributed by atoms with E-state index in [1.54, 1.807) is 0 Å². The summed E-state index contributed by atoms with van der Waals surface area (Å²) in [7, 11) is 0. The number of thioether (sulfide) groups is 2. The molecule has 1 aliphatic heterocycles. The number of hydrogen-bond acceptors (Lipinski definition) is 8. The average molecular weight is 687 g/mol. The van der Waals surface area contributed by atoms with Crippen LogP contribution in [0.3, 0.4) is 0 Å². The van der Waals surface area contributed by atoms with Gasteiger partial charge in [-0.3, -0.25) is 24.6 Å². The lowest BCUT2D eigenvalue weighted by Crippen LogP contribution is -2.58. The van der Waals surface area contributed by atoms with E-state index in [-0.39, 0.29) is 45.7 Å². The number of carbonyl (C=O) groups is 3. The zero-order valence-electron chi connectivity index (χ0n) is 26.3. The molecular weight excluding hydrogens is 652 g/mol. The SMILES string of the molecule is CC(C)(C)SCC(=O)SC1CC(=O)N1C(C(=O)OCc1ccc([N+](=O)[O-])cc1)=P(c1ccccc1)(c1ccccc1)c1ccccc1. The molecule has 0 aromatic heterocycles. The quantitative estimate of drug-likeness (QED) is 0.0612. The second-order valence-corrected chi connectivity index (χ2v) is 18.2. The van der Waals surface area contributed by atoms with E-state index in [4.69, 9.17) is 4.74 Å². The number of β-lactam (4-membered cyclic amide) rings is 1. The maximum absolute atomic E-state index is 14.7. The van der Waals surface area contributed by atoms with Crippen LogP contribution in [0.5, 0.6) is 0 Å². The van der Waals surface area contributed by atoms with Crippen LogP contribution in [0.4, 0.5) is 5.69 Å². The summed E-state index contributed by atoms with van der Waals surface area (Å²) in [6.45, 7) is 2.84. The normalized spacial score (nSPS) is 14.7. The van der Waals surface area contributed by atoms with Gasteiger partial charge in [-0.15, -0.1) is 11.8 Å². The largest absolute Gasteiger partial charge is 0.456 e. The number of hydrogen-bond donors (Lipinski definition) is 0. The van der Waals surface area contributed by atoms with Crippen LogP contribution in [0, 0.1) is 10.1 Å². The summed E-state index contributed by atoms with van der Waals surface area (Å²) >= 11 is 2.61. The zero-order chi connectivity index (χ0) is 33.6. The molecule has 4 aromatic carbocycles. The summed E-state index contributed by atoms with van der Waals surface area (Å²) < 4.78 is 5.89. The third-order valence-electron chi connectivity index (χ3n) is 7.47. The van der Waals surface area contributed by atoms with E-state index >= 15 is 0 Å². The van der Waals surface area contributed by atoms with Gasteiger partial charge < -0.3 is 4.74 Å². The van der Waals surface area contributed by atoms with Crippen LogP contribution in [0.1, 0.15) is 32.8 Å². The van der Waals surface area contributed by atoms with Crippen molar-refractivity contribution in [2.45, 2.75) is 43.9 Å². The highest BCUT2D eigenvalue weighted by atomic mass is 32.2. The van der Waals surface area contributed by atoms with Crippen molar-refractivity contribution in [1.82, 2.24) is 4.90 Å². The number of rotatable bonds is 11. The Kier molecular flexibility index (Phi) is 10.7. The number of carbonyl (C=O) groups excluding carboxylic acids is 3. The van der Waals surface area contributed by atoms with Crippen LogP contribution in [-0.2, 0) is 25.7 Å². The van der Waals surface area contributed by atoms with Crippen LogP contribution >= 0.6 is 30.4 Å². The van der Waals surface area contributed by atoms with E-state index in [0.29, 0.717) is 5.56 Å². The van der Waals surface area contributed by atoms with Crippen LogP contribution in [-0.4, -0.2) is 48.1 Å². The molecular formula is C36H35N2O6PS2. The number of nitro groups is 1. The lowest BCUT2D eigenvalue weighted by molar-refractivity contribution is -0.384. The monoisotopic (exact) mass is 686 g/mol. The number of nitro benzene ring substituents is 1. The van der Waals surface area contributed by atoms with Gasteiger partial charge >= 0.3 is 5.97 Å². The minimum Gasteiger partial charge on any atom is -0.456 e. The van der Waals surface area contributed by atoms with E-state index in [2.05, 4.69) is 0 Å². The zero-order valence-corrected chi connectivity index (χ0v) is 28.8. The van der Waals surface area contributed by atoms with E-state index < -0.39 is 23.2 Å². The number of amides is 1. The molecule has 0 radical (unpaired) electrons. The van der Waals surface area contributed by atoms with Crippen molar-refractivity contribution in [1.29, 1.82) is 0 Å². The van der Waals surface area contributed by atoms with Crippen LogP contribution in [0.25, 0.3) is 0 Å². The van der Waals surface area contributed by atoms with Crippen LogP contribution in [0.2, 0.25) is 0 Å². The van der Waals surface area contributed by atoms with Gasteiger partial charge in [0.05, 0.1) is 22.5 Å². The highest BCUT2D eigenvalue weighted by Gasteiger charge is 2.48. The Morgan fingerprint density at radius 2 is 1.34 bits per heavy atom. The molecule has 47 heavy (non-hydrogen) atoms. The Balaban J connectivity index is 1.72. The van der Waals surface area contributed by atoms with E-state index in [0.717, 1.165) is 27.7 Å². The third-order valence-corrected chi connectivity index (χ3v) is 14.2. The number of esters is 1. The lowest BCUT2D eigenvalue weighted by Gasteiger charge is -2.44. The first-order valence-corrected chi connectivity index (χ1v) is 18.7. The molecule has 0 N–H and O–H groups in total. The maximum Gasteiger partial charge on any atom is 0.356 e. The van der Waals surface area contributed by atoms with E-state index in [1.807, 2.05) is 112 Å². The first-order chi connectivity index (χ1) is 22.5. The Morgan fingerprint density at radius 1 is 0.851 bits per heavy atom. The number of nitrogens with zero attached hydrogens (tertiary/aromatic N) is 2.